The van der Waals surface area contributed by atoms with Crippen LogP contribution in [-0.4, -0.2) is 18.1 Å². The molecule has 0 bridgehead atoms. The molecule has 0 saturated carbocycles. The van der Waals surface area contributed by atoms with Gasteiger partial charge >= 0.3 is 0 Å². The van der Waals surface area contributed by atoms with E-state index in [1.165, 1.54) is 12.2 Å². The highest BCUT2D eigenvalue weighted by molar-refractivity contribution is 9.10. The first-order chi connectivity index (χ1) is 8.72. The van der Waals surface area contributed by atoms with Gasteiger partial charge < -0.3 is 14.2 Å². The number of hydrogen-bond acceptors (Lipinski definition) is 5. The molecule has 0 saturated heterocycles. The Balaban J connectivity index is 2.05. The third-order valence-electron chi connectivity index (χ3n) is 2.30. The molecule has 2 aromatic rings. The minimum absolute atomic E-state index is 0.614. The SMILES string of the molecule is CCCSCCNc1cc(=S)c2occ(Br)c2o1. The summed E-state index contributed by atoms with van der Waals surface area (Å²) in [5.41, 5.74) is 1.27. The zero-order chi connectivity index (χ0) is 13.0. The Morgan fingerprint density at radius 2 is 2.22 bits per heavy atom. The van der Waals surface area contributed by atoms with Gasteiger partial charge in [-0.1, -0.05) is 19.1 Å². The third kappa shape index (κ3) is 3.30. The van der Waals surface area contributed by atoms with Crippen LogP contribution in [0.2, 0.25) is 0 Å². The van der Waals surface area contributed by atoms with E-state index in [1.807, 2.05) is 11.8 Å². The highest BCUT2D eigenvalue weighted by atomic mass is 79.9. The minimum atomic E-state index is 0.614. The fraction of sp³-hybridized carbons (Fsp3) is 0.417. The third-order valence-corrected chi connectivity index (χ3v) is 4.34. The first kappa shape index (κ1) is 14.0. The second-order valence-electron chi connectivity index (χ2n) is 3.76. The Morgan fingerprint density at radius 3 is 3.00 bits per heavy atom. The van der Waals surface area contributed by atoms with Gasteiger partial charge in [0.15, 0.2) is 17.1 Å². The standard InChI is InChI=1S/C12H14BrNO2S2/c1-2-4-18-5-3-14-10-6-9(17)12-11(16-10)8(13)7-15-12/h6-7,14H,2-5H2,1H3. The van der Waals surface area contributed by atoms with E-state index in [2.05, 4.69) is 28.2 Å². The van der Waals surface area contributed by atoms with E-state index in [0.29, 0.717) is 21.6 Å². The Hall–Kier alpha value is -0.460. The Kier molecular flexibility index (Phi) is 5.14. The summed E-state index contributed by atoms with van der Waals surface area (Å²) in [4.78, 5) is 0. The molecule has 0 radical (unpaired) electrons. The number of thioether (sulfide) groups is 1. The van der Waals surface area contributed by atoms with Crippen molar-refractivity contribution in [2.45, 2.75) is 13.3 Å². The van der Waals surface area contributed by atoms with Crippen LogP contribution in [0.15, 0.2) is 25.6 Å². The summed E-state index contributed by atoms with van der Waals surface area (Å²) in [7, 11) is 0. The molecule has 18 heavy (non-hydrogen) atoms. The smallest absolute Gasteiger partial charge is 0.195 e. The molecule has 2 heterocycles. The number of halogens is 1. The second-order valence-corrected chi connectivity index (χ2v) is 6.27. The average molecular weight is 348 g/mol. The van der Waals surface area contributed by atoms with Gasteiger partial charge in [0.2, 0.25) is 0 Å². The van der Waals surface area contributed by atoms with Crippen molar-refractivity contribution in [3.63, 3.8) is 0 Å². The molecule has 0 fully saturated rings. The van der Waals surface area contributed by atoms with Gasteiger partial charge in [0.1, 0.15) is 6.26 Å². The van der Waals surface area contributed by atoms with Crippen LogP contribution in [0.1, 0.15) is 13.3 Å². The van der Waals surface area contributed by atoms with Gasteiger partial charge in [0.25, 0.3) is 0 Å². The topological polar surface area (TPSA) is 38.3 Å². The van der Waals surface area contributed by atoms with Gasteiger partial charge in [-0.25, -0.2) is 0 Å². The predicted octanol–water partition coefficient (Wildman–Crippen LogP) is 5.07. The van der Waals surface area contributed by atoms with Crippen molar-refractivity contribution in [1.82, 2.24) is 0 Å². The van der Waals surface area contributed by atoms with E-state index in [1.54, 1.807) is 12.3 Å². The minimum Gasteiger partial charge on any atom is -0.458 e. The summed E-state index contributed by atoms with van der Waals surface area (Å²) in [6, 6.07) is 1.79. The first-order valence-electron chi connectivity index (χ1n) is 5.75. The summed E-state index contributed by atoms with van der Waals surface area (Å²) in [6.07, 6.45) is 2.80. The summed E-state index contributed by atoms with van der Waals surface area (Å²) in [6.45, 7) is 3.05. The van der Waals surface area contributed by atoms with Gasteiger partial charge in [-0.2, -0.15) is 11.8 Å². The summed E-state index contributed by atoms with van der Waals surface area (Å²) in [5, 5.41) is 3.24. The van der Waals surface area contributed by atoms with Crippen LogP contribution >= 0.6 is 39.9 Å². The molecule has 0 aliphatic carbocycles. The molecule has 6 heteroatoms. The number of anilines is 1. The van der Waals surface area contributed by atoms with Gasteiger partial charge in [0.05, 0.1) is 8.98 Å². The molecule has 0 amide bonds. The lowest BCUT2D eigenvalue weighted by Crippen LogP contribution is -2.04. The summed E-state index contributed by atoms with van der Waals surface area (Å²) < 4.78 is 12.5. The van der Waals surface area contributed by atoms with Crippen LogP contribution < -0.4 is 5.32 Å². The van der Waals surface area contributed by atoms with Crippen LogP contribution in [0.25, 0.3) is 11.2 Å². The van der Waals surface area contributed by atoms with Crippen molar-refractivity contribution in [2.75, 3.05) is 23.4 Å². The zero-order valence-electron chi connectivity index (χ0n) is 9.99. The quantitative estimate of drug-likeness (QED) is 0.583. The van der Waals surface area contributed by atoms with E-state index in [-0.39, 0.29) is 0 Å². The fourth-order valence-corrected chi connectivity index (χ4v) is 2.84. The van der Waals surface area contributed by atoms with Crippen molar-refractivity contribution in [3.05, 3.63) is 21.3 Å². The zero-order valence-corrected chi connectivity index (χ0v) is 13.2. The molecule has 0 aliphatic heterocycles. The molecule has 0 atom stereocenters. The lowest BCUT2D eigenvalue weighted by Gasteiger charge is -2.05. The molecule has 0 spiro atoms. The number of fused-ring (bicyclic) bond motifs is 1. The molecular weight excluding hydrogens is 334 g/mol. The maximum atomic E-state index is 5.69. The maximum absolute atomic E-state index is 5.69. The molecule has 0 aliphatic rings. The molecule has 1 N–H and O–H groups in total. The van der Waals surface area contributed by atoms with Crippen LogP contribution in [0.4, 0.5) is 5.88 Å². The molecular formula is C12H14BrNO2S2. The largest absolute Gasteiger partial charge is 0.458 e. The highest BCUT2D eigenvalue weighted by Gasteiger charge is 2.09. The summed E-state index contributed by atoms with van der Waals surface area (Å²) in [5.74, 6) is 2.93. The molecule has 3 nitrogen and oxygen atoms in total. The van der Waals surface area contributed by atoms with Gasteiger partial charge in [-0.15, -0.1) is 0 Å². The lowest BCUT2D eigenvalue weighted by molar-refractivity contribution is 0.588. The Bertz CT molecular complexity index is 579. The highest BCUT2D eigenvalue weighted by Crippen LogP contribution is 2.29. The van der Waals surface area contributed by atoms with Crippen LogP contribution in [0.5, 0.6) is 0 Å². The number of rotatable bonds is 6. The number of hydrogen-bond donors (Lipinski definition) is 1. The van der Waals surface area contributed by atoms with E-state index in [9.17, 15) is 0 Å². The Labute approximate surface area is 123 Å². The van der Waals surface area contributed by atoms with Crippen LogP contribution in [0, 0.1) is 4.51 Å². The van der Waals surface area contributed by atoms with Crippen molar-refractivity contribution in [2.24, 2.45) is 0 Å². The van der Waals surface area contributed by atoms with Crippen molar-refractivity contribution in [3.8, 4) is 0 Å². The van der Waals surface area contributed by atoms with Gasteiger partial charge in [-0.05, 0) is 28.1 Å². The first-order valence-corrected chi connectivity index (χ1v) is 8.10. The van der Waals surface area contributed by atoms with Gasteiger partial charge in [-0.3, -0.25) is 0 Å². The number of furan rings is 1. The van der Waals surface area contributed by atoms with E-state index in [4.69, 9.17) is 21.1 Å². The van der Waals surface area contributed by atoms with Crippen LogP contribution in [0.3, 0.4) is 0 Å². The fourth-order valence-electron chi connectivity index (χ4n) is 1.50. The maximum Gasteiger partial charge on any atom is 0.195 e. The van der Waals surface area contributed by atoms with Gasteiger partial charge in [0, 0.05) is 18.4 Å². The lowest BCUT2D eigenvalue weighted by atomic mass is 10.4. The summed E-state index contributed by atoms with van der Waals surface area (Å²) >= 11 is 10.6. The second kappa shape index (κ2) is 6.63. The van der Waals surface area contributed by atoms with Crippen molar-refractivity contribution >= 4 is 57.0 Å². The predicted molar refractivity (Wildman–Crippen MR) is 83.1 cm³/mol. The Morgan fingerprint density at radius 1 is 1.39 bits per heavy atom. The molecule has 0 aromatic carbocycles. The van der Waals surface area contributed by atoms with Crippen molar-refractivity contribution < 1.29 is 8.83 Å². The molecule has 0 unspecified atom stereocenters. The molecule has 98 valence electrons. The van der Waals surface area contributed by atoms with Crippen LogP contribution in [-0.2, 0) is 0 Å². The average Bonchev–Trinajstić information content (AvgIpc) is 2.72. The monoisotopic (exact) mass is 347 g/mol. The van der Waals surface area contributed by atoms with Crippen molar-refractivity contribution in [1.29, 1.82) is 0 Å². The van der Waals surface area contributed by atoms with E-state index in [0.717, 1.165) is 16.8 Å². The molecule has 2 rings (SSSR count). The number of nitrogens with one attached hydrogen (secondary N) is 1. The van der Waals surface area contributed by atoms with E-state index < -0.39 is 0 Å². The van der Waals surface area contributed by atoms with E-state index >= 15 is 0 Å². The normalized spacial score (nSPS) is 11.0. The molecule has 2 aromatic heterocycles.